The van der Waals surface area contributed by atoms with E-state index in [1.165, 1.54) is 0 Å². The highest BCUT2D eigenvalue weighted by Gasteiger charge is 2.75. The molecule has 2 heterocycles. The Morgan fingerprint density at radius 1 is 1.11 bits per heavy atom. The number of aliphatic hydroxyl groups excluding tert-OH is 5. The molecule has 0 aromatic heterocycles. The third kappa shape index (κ3) is 3.47. The quantitative estimate of drug-likeness (QED) is 0.313. The third-order valence-electron chi connectivity index (χ3n) is 6.28. The number of epoxide rings is 1. The van der Waals surface area contributed by atoms with Crippen LogP contribution in [-0.2, 0) is 14.2 Å². The van der Waals surface area contributed by atoms with Gasteiger partial charge in [-0.1, -0.05) is 26.0 Å². The van der Waals surface area contributed by atoms with Crippen molar-refractivity contribution in [1.82, 2.24) is 0 Å². The van der Waals surface area contributed by atoms with E-state index in [0.29, 0.717) is 12.8 Å². The molecule has 1 aliphatic carbocycles. The Balaban J connectivity index is 1.72. The van der Waals surface area contributed by atoms with Crippen LogP contribution < -0.4 is 0 Å². The van der Waals surface area contributed by atoms with E-state index in [1.807, 2.05) is 13.0 Å². The molecule has 9 atom stereocenters. The number of hydrogen-bond donors (Lipinski definition) is 5. The summed E-state index contributed by atoms with van der Waals surface area (Å²) in [6.45, 7) is 7.31. The van der Waals surface area contributed by atoms with E-state index >= 15 is 0 Å². The molecule has 8 heteroatoms. The largest absolute Gasteiger partial charge is 0.394 e. The molecular weight excluding hydrogens is 356 g/mol. The van der Waals surface area contributed by atoms with Crippen molar-refractivity contribution in [1.29, 1.82) is 0 Å². The van der Waals surface area contributed by atoms with Crippen molar-refractivity contribution in [3.63, 3.8) is 0 Å². The molecule has 0 aromatic rings. The van der Waals surface area contributed by atoms with Gasteiger partial charge in [-0.3, -0.25) is 0 Å². The van der Waals surface area contributed by atoms with Gasteiger partial charge in [0, 0.05) is 11.8 Å². The zero-order valence-electron chi connectivity index (χ0n) is 16.3. The van der Waals surface area contributed by atoms with Crippen molar-refractivity contribution >= 4 is 0 Å². The Kier molecular flexibility index (Phi) is 5.51. The Labute approximate surface area is 159 Å². The second-order valence-electron chi connectivity index (χ2n) is 8.92. The lowest BCUT2D eigenvalue weighted by molar-refractivity contribution is -0.315. The van der Waals surface area contributed by atoms with E-state index in [-0.39, 0.29) is 11.5 Å². The Morgan fingerprint density at radius 3 is 2.33 bits per heavy atom. The molecule has 0 unspecified atom stereocenters. The highest BCUT2D eigenvalue weighted by molar-refractivity contribution is 5.32. The maximum atomic E-state index is 10.2. The van der Waals surface area contributed by atoms with Crippen molar-refractivity contribution < 1.29 is 39.7 Å². The molecule has 0 spiro atoms. The van der Waals surface area contributed by atoms with Crippen LogP contribution in [0, 0.1) is 5.41 Å². The van der Waals surface area contributed by atoms with E-state index in [9.17, 15) is 25.5 Å². The maximum absolute atomic E-state index is 10.2. The van der Waals surface area contributed by atoms with Crippen molar-refractivity contribution in [3.8, 4) is 0 Å². The topological polar surface area (TPSA) is 132 Å². The minimum atomic E-state index is -1.46. The Morgan fingerprint density at radius 2 is 1.78 bits per heavy atom. The van der Waals surface area contributed by atoms with Crippen LogP contribution >= 0.6 is 0 Å². The van der Waals surface area contributed by atoms with Crippen LogP contribution in [-0.4, -0.2) is 86.3 Å². The van der Waals surface area contributed by atoms with Crippen LogP contribution in [0.3, 0.4) is 0 Å². The van der Waals surface area contributed by atoms with Crippen molar-refractivity contribution in [2.24, 2.45) is 5.41 Å². The average molecular weight is 388 g/mol. The fraction of sp³-hybridized carbons (Fsp3) is 0.895. The molecule has 3 rings (SSSR count). The zero-order chi connectivity index (χ0) is 20.2. The van der Waals surface area contributed by atoms with Gasteiger partial charge in [-0.2, -0.15) is 0 Å². The Hall–Kier alpha value is -0.580. The van der Waals surface area contributed by atoms with Gasteiger partial charge in [0.2, 0.25) is 0 Å². The summed E-state index contributed by atoms with van der Waals surface area (Å²) in [6, 6.07) is 0. The average Bonchev–Trinajstić information content (AvgIpc) is 3.20. The first kappa shape index (κ1) is 21.1. The molecule has 0 bridgehead atoms. The number of hydrogen-bond acceptors (Lipinski definition) is 8. The molecule has 5 N–H and O–H groups in total. The molecule has 1 saturated carbocycles. The lowest BCUT2D eigenvalue weighted by atomic mass is 9.63. The van der Waals surface area contributed by atoms with Crippen molar-refractivity contribution in [3.05, 3.63) is 12.2 Å². The summed E-state index contributed by atoms with van der Waals surface area (Å²) < 4.78 is 17.6. The molecule has 3 fully saturated rings. The molecule has 2 saturated heterocycles. The summed E-state index contributed by atoms with van der Waals surface area (Å²) in [6.07, 6.45) is -2.47. The van der Waals surface area contributed by atoms with Gasteiger partial charge in [0.25, 0.3) is 0 Å². The molecule has 3 aliphatic rings. The van der Waals surface area contributed by atoms with Crippen LogP contribution in [0.2, 0.25) is 0 Å². The van der Waals surface area contributed by atoms with Crippen LogP contribution in [0.25, 0.3) is 0 Å². The monoisotopic (exact) mass is 388 g/mol. The number of fused-ring (bicyclic) bond motifs is 1. The van der Waals surface area contributed by atoms with Gasteiger partial charge in [0.05, 0.1) is 18.8 Å². The SMILES string of the molecule is C[C@@H](O)/C=C/[C@]12O[C@@]1(C)C[C@@H](O[C@@H]1O[C@H](CO)[C@@H](O)[C@H](O)[C@H]1O)CC2(C)C. The van der Waals surface area contributed by atoms with E-state index in [0.717, 1.165) is 0 Å². The van der Waals surface area contributed by atoms with E-state index in [2.05, 4.69) is 13.8 Å². The molecule has 2 aliphatic heterocycles. The van der Waals surface area contributed by atoms with Crippen LogP contribution in [0.1, 0.15) is 40.5 Å². The Bertz CT molecular complexity index is 576. The highest BCUT2D eigenvalue weighted by atomic mass is 16.7. The van der Waals surface area contributed by atoms with E-state index in [1.54, 1.807) is 13.0 Å². The summed E-state index contributed by atoms with van der Waals surface area (Å²) in [5.74, 6) is 0. The summed E-state index contributed by atoms with van der Waals surface area (Å²) in [5, 5.41) is 49.0. The molecule has 27 heavy (non-hydrogen) atoms. The standard InChI is InChI=1S/C19H32O8/c1-10(21)5-6-19-17(2,3)7-11(8-18(19,4)27-19)25-16-15(24)14(23)13(22)12(9-20)26-16/h5-6,10-16,20-24H,7-9H2,1-4H3/b6-5+/t10-,11+,12-,13-,14+,15-,16-,18+,19-/m1/s1. The van der Waals surface area contributed by atoms with Crippen LogP contribution in [0.15, 0.2) is 12.2 Å². The molecule has 156 valence electrons. The molecule has 0 amide bonds. The first-order valence-corrected chi connectivity index (χ1v) is 9.50. The normalized spacial score (nSPS) is 50.4. The third-order valence-corrected chi connectivity index (χ3v) is 6.28. The summed E-state index contributed by atoms with van der Waals surface area (Å²) in [5.41, 5.74) is -1.27. The van der Waals surface area contributed by atoms with Crippen LogP contribution in [0.5, 0.6) is 0 Å². The first-order chi connectivity index (χ1) is 12.5. The zero-order valence-corrected chi connectivity index (χ0v) is 16.3. The number of aliphatic hydroxyl groups is 5. The van der Waals surface area contributed by atoms with Gasteiger partial charge < -0.3 is 39.7 Å². The molecule has 8 nitrogen and oxygen atoms in total. The molecule has 0 radical (unpaired) electrons. The van der Waals surface area contributed by atoms with E-state index in [4.69, 9.17) is 14.2 Å². The highest BCUT2D eigenvalue weighted by Crippen LogP contribution is 2.66. The second kappa shape index (κ2) is 7.03. The summed E-state index contributed by atoms with van der Waals surface area (Å²) in [7, 11) is 0. The summed E-state index contributed by atoms with van der Waals surface area (Å²) in [4.78, 5) is 0. The maximum Gasteiger partial charge on any atom is 0.186 e. The van der Waals surface area contributed by atoms with Crippen molar-refractivity contribution in [2.45, 2.75) is 94.7 Å². The van der Waals surface area contributed by atoms with Gasteiger partial charge in [0.1, 0.15) is 35.6 Å². The lowest BCUT2D eigenvalue weighted by Gasteiger charge is -2.44. The second-order valence-corrected chi connectivity index (χ2v) is 8.92. The summed E-state index contributed by atoms with van der Waals surface area (Å²) >= 11 is 0. The minimum Gasteiger partial charge on any atom is -0.394 e. The predicted octanol–water partition coefficient (Wildman–Crippen LogP) is -0.544. The van der Waals surface area contributed by atoms with Gasteiger partial charge in [-0.25, -0.2) is 0 Å². The molecule has 0 aromatic carbocycles. The predicted molar refractivity (Wildman–Crippen MR) is 94.7 cm³/mol. The fourth-order valence-corrected chi connectivity index (χ4v) is 4.78. The van der Waals surface area contributed by atoms with E-state index < -0.39 is 54.6 Å². The van der Waals surface area contributed by atoms with Gasteiger partial charge >= 0.3 is 0 Å². The number of rotatable bonds is 5. The smallest absolute Gasteiger partial charge is 0.186 e. The molecular formula is C19H32O8. The van der Waals surface area contributed by atoms with Gasteiger partial charge in [-0.05, 0) is 20.3 Å². The van der Waals surface area contributed by atoms with Gasteiger partial charge in [0.15, 0.2) is 6.29 Å². The fourth-order valence-electron chi connectivity index (χ4n) is 4.78. The van der Waals surface area contributed by atoms with Gasteiger partial charge in [-0.15, -0.1) is 0 Å². The lowest BCUT2D eigenvalue weighted by Crippen LogP contribution is -2.60. The first-order valence-electron chi connectivity index (χ1n) is 9.50. The minimum absolute atomic E-state index is 0.301. The van der Waals surface area contributed by atoms with Crippen molar-refractivity contribution in [2.75, 3.05) is 6.61 Å². The van der Waals surface area contributed by atoms with Crippen LogP contribution in [0.4, 0.5) is 0 Å². The number of ether oxygens (including phenoxy) is 3.